The molecule has 0 aromatic heterocycles. The number of amides is 2. The highest BCUT2D eigenvalue weighted by Crippen LogP contribution is 2.24. The monoisotopic (exact) mass is 438 g/mol. The summed E-state index contributed by atoms with van der Waals surface area (Å²) in [7, 11) is 0. The van der Waals surface area contributed by atoms with E-state index in [1.807, 2.05) is 37.3 Å². The SMILES string of the molecule is CCNC(=O)[C@H](C)N(Cc1ccc(Cl)cc1Cl)C(=O)CCSc1ccccc1. The van der Waals surface area contributed by atoms with Crippen molar-refractivity contribution in [2.75, 3.05) is 12.3 Å². The Morgan fingerprint density at radius 1 is 1.14 bits per heavy atom. The molecule has 2 amide bonds. The molecule has 0 bridgehead atoms. The third-order valence-electron chi connectivity index (χ3n) is 4.20. The topological polar surface area (TPSA) is 49.4 Å². The summed E-state index contributed by atoms with van der Waals surface area (Å²) >= 11 is 13.9. The number of carbonyl (C=O) groups is 2. The first kappa shape index (κ1) is 22.6. The molecule has 28 heavy (non-hydrogen) atoms. The second-order valence-electron chi connectivity index (χ2n) is 6.24. The lowest BCUT2D eigenvalue weighted by Gasteiger charge is -2.29. The fourth-order valence-electron chi connectivity index (χ4n) is 2.65. The molecule has 2 aromatic rings. The van der Waals surface area contributed by atoms with Gasteiger partial charge in [0.15, 0.2) is 0 Å². The van der Waals surface area contributed by atoms with Gasteiger partial charge in [0.2, 0.25) is 11.8 Å². The first-order chi connectivity index (χ1) is 13.4. The number of rotatable bonds is 9. The van der Waals surface area contributed by atoms with Crippen LogP contribution in [0.2, 0.25) is 10.0 Å². The molecule has 1 atom stereocenters. The molecule has 2 aromatic carbocycles. The zero-order valence-corrected chi connectivity index (χ0v) is 18.3. The molecule has 0 heterocycles. The Labute approximate surface area is 180 Å². The highest BCUT2D eigenvalue weighted by molar-refractivity contribution is 7.99. The maximum absolute atomic E-state index is 12.9. The summed E-state index contributed by atoms with van der Waals surface area (Å²) in [4.78, 5) is 28.0. The molecule has 1 N–H and O–H groups in total. The van der Waals surface area contributed by atoms with E-state index in [-0.39, 0.29) is 18.4 Å². The van der Waals surface area contributed by atoms with Gasteiger partial charge in [-0.05, 0) is 43.7 Å². The van der Waals surface area contributed by atoms with Crippen molar-refractivity contribution in [2.45, 2.75) is 37.8 Å². The van der Waals surface area contributed by atoms with Gasteiger partial charge in [-0.1, -0.05) is 47.5 Å². The molecule has 0 radical (unpaired) electrons. The summed E-state index contributed by atoms with van der Waals surface area (Å²) in [5, 5.41) is 3.79. The Morgan fingerprint density at radius 2 is 1.86 bits per heavy atom. The van der Waals surface area contributed by atoms with Crippen LogP contribution in [0.25, 0.3) is 0 Å². The third-order valence-corrected chi connectivity index (χ3v) is 5.80. The van der Waals surface area contributed by atoms with Crippen LogP contribution in [0.5, 0.6) is 0 Å². The average Bonchev–Trinajstić information content (AvgIpc) is 2.68. The number of benzene rings is 2. The van der Waals surface area contributed by atoms with Gasteiger partial charge in [0.1, 0.15) is 6.04 Å². The molecular formula is C21H24Cl2N2O2S. The second-order valence-corrected chi connectivity index (χ2v) is 8.25. The average molecular weight is 439 g/mol. The van der Waals surface area contributed by atoms with Crippen molar-refractivity contribution in [3.8, 4) is 0 Å². The fourth-order valence-corrected chi connectivity index (χ4v) is 3.98. The number of carbonyl (C=O) groups excluding carboxylic acids is 2. The van der Waals surface area contributed by atoms with Crippen molar-refractivity contribution in [1.29, 1.82) is 0 Å². The molecule has 0 unspecified atom stereocenters. The van der Waals surface area contributed by atoms with Gasteiger partial charge in [-0.3, -0.25) is 9.59 Å². The number of nitrogens with zero attached hydrogens (tertiary/aromatic N) is 1. The van der Waals surface area contributed by atoms with Crippen molar-refractivity contribution >= 4 is 46.8 Å². The molecule has 2 rings (SSSR count). The Hall–Kier alpha value is -1.69. The van der Waals surface area contributed by atoms with E-state index in [0.29, 0.717) is 28.8 Å². The zero-order valence-electron chi connectivity index (χ0n) is 16.0. The minimum atomic E-state index is -0.596. The predicted molar refractivity (Wildman–Crippen MR) is 117 cm³/mol. The molecule has 0 spiro atoms. The minimum absolute atomic E-state index is 0.0896. The number of thioether (sulfide) groups is 1. The summed E-state index contributed by atoms with van der Waals surface area (Å²) < 4.78 is 0. The van der Waals surface area contributed by atoms with Crippen LogP contribution in [-0.2, 0) is 16.1 Å². The van der Waals surface area contributed by atoms with Crippen LogP contribution in [0.15, 0.2) is 53.4 Å². The van der Waals surface area contributed by atoms with Crippen molar-refractivity contribution < 1.29 is 9.59 Å². The summed E-state index contributed by atoms with van der Waals surface area (Å²) in [6.07, 6.45) is 0.328. The van der Waals surface area contributed by atoms with Crippen molar-refractivity contribution in [3.63, 3.8) is 0 Å². The molecule has 0 fully saturated rings. The number of likely N-dealkylation sites (N-methyl/N-ethyl adjacent to an activating group) is 1. The van der Waals surface area contributed by atoms with Crippen LogP contribution in [-0.4, -0.2) is 35.1 Å². The largest absolute Gasteiger partial charge is 0.355 e. The first-order valence-electron chi connectivity index (χ1n) is 9.11. The van der Waals surface area contributed by atoms with Crippen LogP contribution in [0, 0.1) is 0 Å². The van der Waals surface area contributed by atoms with Gasteiger partial charge >= 0.3 is 0 Å². The van der Waals surface area contributed by atoms with E-state index in [0.717, 1.165) is 10.5 Å². The summed E-state index contributed by atoms with van der Waals surface area (Å²) in [5.41, 5.74) is 0.756. The molecule has 0 aliphatic heterocycles. The molecule has 0 saturated carbocycles. The van der Waals surface area contributed by atoms with E-state index in [2.05, 4.69) is 5.32 Å². The first-order valence-corrected chi connectivity index (χ1v) is 10.9. The van der Waals surface area contributed by atoms with Crippen molar-refractivity contribution in [2.24, 2.45) is 0 Å². The van der Waals surface area contributed by atoms with Crippen molar-refractivity contribution in [1.82, 2.24) is 10.2 Å². The summed E-state index contributed by atoms with van der Waals surface area (Å²) in [5.74, 6) is 0.361. The van der Waals surface area contributed by atoms with E-state index in [4.69, 9.17) is 23.2 Å². The summed E-state index contributed by atoms with van der Waals surface area (Å²) in [6, 6.07) is 14.5. The number of hydrogen-bond donors (Lipinski definition) is 1. The van der Waals surface area contributed by atoms with Gasteiger partial charge in [0.05, 0.1) is 0 Å². The maximum atomic E-state index is 12.9. The Balaban J connectivity index is 2.09. The van der Waals surface area contributed by atoms with Gasteiger partial charge in [-0.2, -0.15) is 0 Å². The van der Waals surface area contributed by atoms with Gasteiger partial charge in [-0.25, -0.2) is 0 Å². The molecule has 150 valence electrons. The lowest BCUT2D eigenvalue weighted by atomic mass is 10.1. The highest BCUT2D eigenvalue weighted by atomic mass is 35.5. The van der Waals surface area contributed by atoms with Crippen LogP contribution < -0.4 is 5.32 Å². The van der Waals surface area contributed by atoms with Crippen LogP contribution in [0.1, 0.15) is 25.8 Å². The van der Waals surface area contributed by atoms with Gasteiger partial charge in [0, 0.05) is 40.2 Å². The van der Waals surface area contributed by atoms with E-state index < -0.39 is 6.04 Å². The van der Waals surface area contributed by atoms with E-state index in [9.17, 15) is 9.59 Å². The Kier molecular flexibility index (Phi) is 9.16. The molecule has 7 heteroatoms. The van der Waals surface area contributed by atoms with E-state index >= 15 is 0 Å². The fraction of sp³-hybridized carbons (Fsp3) is 0.333. The van der Waals surface area contributed by atoms with Crippen LogP contribution in [0.3, 0.4) is 0 Å². The van der Waals surface area contributed by atoms with E-state index in [1.165, 1.54) is 0 Å². The van der Waals surface area contributed by atoms with Gasteiger partial charge in [0.25, 0.3) is 0 Å². The lowest BCUT2D eigenvalue weighted by Crippen LogP contribution is -2.47. The van der Waals surface area contributed by atoms with Crippen molar-refractivity contribution in [3.05, 3.63) is 64.1 Å². The zero-order chi connectivity index (χ0) is 20.5. The molecular weight excluding hydrogens is 415 g/mol. The van der Waals surface area contributed by atoms with Crippen LogP contribution in [0.4, 0.5) is 0 Å². The van der Waals surface area contributed by atoms with Crippen LogP contribution >= 0.6 is 35.0 Å². The Bertz CT molecular complexity index is 802. The second kappa shape index (κ2) is 11.3. The van der Waals surface area contributed by atoms with Gasteiger partial charge < -0.3 is 10.2 Å². The molecule has 0 aliphatic rings. The minimum Gasteiger partial charge on any atom is -0.355 e. The standard InChI is InChI=1S/C21H24Cl2N2O2S/c1-3-24-21(27)15(2)25(14-16-9-10-17(22)13-19(16)23)20(26)11-12-28-18-7-5-4-6-8-18/h4-10,13,15H,3,11-12,14H2,1-2H3,(H,24,27)/t15-/m0/s1. The normalized spacial score (nSPS) is 11.7. The number of hydrogen-bond acceptors (Lipinski definition) is 3. The van der Waals surface area contributed by atoms with Gasteiger partial charge in [-0.15, -0.1) is 11.8 Å². The molecule has 0 aliphatic carbocycles. The number of nitrogens with one attached hydrogen (secondary N) is 1. The Morgan fingerprint density at radius 3 is 2.50 bits per heavy atom. The smallest absolute Gasteiger partial charge is 0.242 e. The highest BCUT2D eigenvalue weighted by Gasteiger charge is 2.26. The van der Waals surface area contributed by atoms with E-state index in [1.54, 1.807) is 41.8 Å². The quantitative estimate of drug-likeness (QED) is 0.558. The maximum Gasteiger partial charge on any atom is 0.242 e. The number of halogens is 2. The molecule has 4 nitrogen and oxygen atoms in total. The third kappa shape index (κ3) is 6.73. The predicted octanol–water partition coefficient (Wildman–Crippen LogP) is 5.03. The lowest BCUT2D eigenvalue weighted by molar-refractivity contribution is -0.140. The summed E-state index contributed by atoms with van der Waals surface area (Å²) in [6.45, 7) is 4.35. The molecule has 0 saturated heterocycles.